The molecule has 0 radical (unpaired) electrons. The summed E-state index contributed by atoms with van der Waals surface area (Å²) >= 11 is 0. The predicted octanol–water partition coefficient (Wildman–Crippen LogP) is 2.31. The zero-order valence-electron chi connectivity index (χ0n) is 13.2. The fourth-order valence-electron chi connectivity index (χ4n) is 1.96. The largest absolute Gasteiger partial charge is 0.481 e. The van der Waals surface area contributed by atoms with Gasteiger partial charge < -0.3 is 15.4 Å². The SMILES string of the molecule is COc1ccc(N[C@H](C)C(=O)Nc2ccnn2C(C)C)cn1. The van der Waals surface area contributed by atoms with Crippen LogP contribution in [0.25, 0.3) is 0 Å². The molecule has 22 heavy (non-hydrogen) atoms. The molecule has 0 unspecified atom stereocenters. The molecule has 2 rings (SSSR count). The van der Waals surface area contributed by atoms with Gasteiger partial charge in [0, 0.05) is 18.2 Å². The number of carbonyl (C=O) groups excluding carboxylic acids is 1. The van der Waals surface area contributed by atoms with Crippen LogP contribution in [0.15, 0.2) is 30.6 Å². The highest BCUT2D eigenvalue weighted by atomic mass is 16.5. The molecule has 2 aromatic heterocycles. The molecule has 0 aliphatic heterocycles. The Hall–Kier alpha value is -2.57. The van der Waals surface area contributed by atoms with Gasteiger partial charge in [0.1, 0.15) is 11.9 Å². The van der Waals surface area contributed by atoms with Crippen molar-refractivity contribution in [3.05, 3.63) is 30.6 Å². The molecule has 0 aromatic carbocycles. The fraction of sp³-hybridized carbons (Fsp3) is 0.400. The van der Waals surface area contributed by atoms with Crippen molar-refractivity contribution in [3.63, 3.8) is 0 Å². The number of methoxy groups -OCH3 is 1. The molecule has 0 aliphatic carbocycles. The van der Waals surface area contributed by atoms with E-state index in [1.807, 2.05) is 19.9 Å². The van der Waals surface area contributed by atoms with E-state index >= 15 is 0 Å². The molecular weight excluding hydrogens is 282 g/mol. The molecule has 2 N–H and O–H groups in total. The molecule has 1 atom stereocenters. The van der Waals surface area contributed by atoms with Crippen molar-refractivity contribution in [2.75, 3.05) is 17.7 Å². The third-order valence-corrected chi connectivity index (χ3v) is 3.13. The number of carbonyl (C=O) groups is 1. The molecule has 7 heteroatoms. The Bertz CT molecular complexity index is 621. The number of rotatable bonds is 6. The van der Waals surface area contributed by atoms with Gasteiger partial charge in [0.05, 0.1) is 25.2 Å². The molecule has 0 spiro atoms. The summed E-state index contributed by atoms with van der Waals surface area (Å²) in [6.45, 7) is 5.80. The summed E-state index contributed by atoms with van der Waals surface area (Å²) in [5, 5.41) is 10.2. The van der Waals surface area contributed by atoms with E-state index in [-0.39, 0.29) is 11.9 Å². The van der Waals surface area contributed by atoms with E-state index in [4.69, 9.17) is 4.74 Å². The highest BCUT2D eigenvalue weighted by Crippen LogP contribution is 2.15. The Morgan fingerprint density at radius 1 is 1.27 bits per heavy atom. The molecule has 0 saturated heterocycles. The lowest BCUT2D eigenvalue weighted by Crippen LogP contribution is -2.32. The number of nitrogens with zero attached hydrogens (tertiary/aromatic N) is 3. The number of pyridine rings is 1. The maximum atomic E-state index is 12.3. The van der Waals surface area contributed by atoms with Crippen molar-refractivity contribution in [2.24, 2.45) is 0 Å². The van der Waals surface area contributed by atoms with Gasteiger partial charge in [0.25, 0.3) is 0 Å². The number of anilines is 2. The first-order valence-electron chi connectivity index (χ1n) is 7.12. The number of nitrogens with one attached hydrogen (secondary N) is 2. The summed E-state index contributed by atoms with van der Waals surface area (Å²) in [6.07, 6.45) is 3.29. The van der Waals surface area contributed by atoms with Gasteiger partial charge in [-0.15, -0.1) is 0 Å². The number of aromatic nitrogens is 3. The monoisotopic (exact) mass is 303 g/mol. The Labute approximate surface area is 129 Å². The molecule has 0 saturated carbocycles. The van der Waals surface area contributed by atoms with Gasteiger partial charge >= 0.3 is 0 Å². The normalized spacial score (nSPS) is 12.0. The quantitative estimate of drug-likeness (QED) is 0.856. The van der Waals surface area contributed by atoms with Crippen LogP contribution in [0.1, 0.15) is 26.8 Å². The Balaban J connectivity index is 1.98. The molecule has 118 valence electrons. The van der Waals surface area contributed by atoms with Gasteiger partial charge in [-0.3, -0.25) is 4.79 Å². The van der Waals surface area contributed by atoms with E-state index in [1.54, 1.807) is 43.2 Å². The third-order valence-electron chi connectivity index (χ3n) is 3.13. The van der Waals surface area contributed by atoms with E-state index in [0.29, 0.717) is 11.7 Å². The number of ether oxygens (including phenoxy) is 1. The average molecular weight is 303 g/mol. The Kier molecular flexibility index (Phi) is 4.98. The van der Waals surface area contributed by atoms with Crippen LogP contribution in [-0.4, -0.2) is 33.8 Å². The summed E-state index contributed by atoms with van der Waals surface area (Å²) in [5.74, 6) is 1.07. The first-order valence-corrected chi connectivity index (χ1v) is 7.12. The first-order chi connectivity index (χ1) is 10.5. The molecule has 0 bridgehead atoms. The van der Waals surface area contributed by atoms with Gasteiger partial charge in [-0.05, 0) is 26.8 Å². The summed E-state index contributed by atoms with van der Waals surface area (Å²) < 4.78 is 6.76. The second kappa shape index (κ2) is 6.93. The first kappa shape index (κ1) is 15.8. The maximum absolute atomic E-state index is 12.3. The van der Waals surface area contributed by atoms with Crippen LogP contribution in [0.2, 0.25) is 0 Å². The molecule has 0 aliphatic rings. The van der Waals surface area contributed by atoms with Crippen molar-refractivity contribution in [2.45, 2.75) is 32.9 Å². The lowest BCUT2D eigenvalue weighted by molar-refractivity contribution is -0.116. The highest BCUT2D eigenvalue weighted by Gasteiger charge is 2.15. The lowest BCUT2D eigenvalue weighted by atomic mass is 10.3. The third kappa shape index (κ3) is 3.75. The van der Waals surface area contributed by atoms with Crippen molar-refractivity contribution in [3.8, 4) is 5.88 Å². The van der Waals surface area contributed by atoms with Gasteiger partial charge in [-0.25, -0.2) is 9.67 Å². The predicted molar refractivity (Wildman–Crippen MR) is 85.1 cm³/mol. The van der Waals surface area contributed by atoms with Crippen molar-refractivity contribution in [1.82, 2.24) is 14.8 Å². The number of hydrogen-bond donors (Lipinski definition) is 2. The van der Waals surface area contributed by atoms with E-state index in [9.17, 15) is 4.79 Å². The van der Waals surface area contributed by atoms with E-state index in [0.717, 1.165) is 5.69 Å². The Morgan fingerprint density at radius 3 is 2.64 bits per heavy atom. The molecular formula is C15H21N5O2. The van der Waals surface area contributed by atoms with Crippen LogP contribution in [0.3, 0.4) is 0 Å². The summed E-state index contributed by atoms with van der Waals surface area (Å²) in [6, 6.07) is 5.10. The van der Waals surface area contributed by atoms with E-state index in [1.165, 1.54) is 0 Å². The zero-order valence-corrected chi connectivity index (χ0v) is 13.2. The second-order valence-electron chi connectivity index (χ2n) is 5.20. The van der Waals surface area contributed by atoms with Crippen molar-refractivity contribution < 1.29 is 9.53 Å². The lowest BCUT2D eigenvalue weighted by Gasteiger charge is -2.17. The minimum Gasteiger partial charge on any atom is -0.481 e. The standard InChI is InChI=1S/C15H21N5O2/c1-10(2)20-13(7-8-17-20)19-15(21)11(3)18-12-5-6-14(22-4)16-9-12/h5-11,18H,1-4H3,(H,19,21)/t11-/m1/s1. The van der Waals surface area contributed by atoms with Crippen LogP contribution in [0, 0.1) is 0 Å². The van der Waals surface area contributed by atoms with Crippen molar-refractivity contribution >= 4 is 17.4 Å². The fourth-order valence-corrected chi connectivity index (χ4v) is 1.96. The highest BCUT2D eigenvalue weighted by molar-refractivity contribution is 5.95. The van der Waals surface area contributed by atoms with Gasteiger partial charge in [0.15, 0.2) is 0 Å². The molecule has 2 aromatic rings. The topological polar surface area (TPSA) is 81.1 Å². The van der Waals surface area contributed by atoms with E-state index in [2.05, 4.69) is 20.7 Å². The molecule has 0 fully saturated rings. The maximum Gasteiger partial charge on any atom is 0.247 e. The van der Waals surface area contributed by atoms with Crippen LogP contribution >= 0.6 is 0 Å². The Morgan fingerprint density at radius 2 is 2.05 bits per heavy atom. The summed E-state index contributed by atoms with van der Waals surface area (Å²) in [4.78, 5) is 16.3. The smallest absolute Gasteiger partial charge is 0.247 e. The van der Waals surface area contributed by atoms with Gasteiger partial charge in [0.2, 0.25) is 11.8 Å². The molecule has 1 amide bonds. The van der Waals surface area contributed by atoms with Crippen LogP contribution in [0.5, 0.6) is 5.88 Å². The average Bonchev–Trinajstić information content (AvgIpc) is 2.96. The molecule has 7 nitrogen and oxygen atoms in total. The summed E-state index contributed by atoms with van der Waals surface area (Å²) in [5.41, 5.74) is 0.751. The number of hydrogen-bond acceptors (Lipinski definition) is 5. The summed E-state index contributed by atoms with van der Waals surface area (Å²) in [7, 11) is 1.56. The van der Waals surface area contributed by atoms with Crippen molar-refractivity contribution in [1.29, 1.82) is 0 Å². The van der Waals surface area contributed by atoms with Crippen LogP contribution in [0.4, 0.5) is 11.5 Å². The minimum absolute atomic E-state index is 0.141. The minimum atomic E-state index is -0.411. The van der Waals surface area contributed by atoms with E-state index < -0.39 is 6.04 Å². The van der Waals surface area contributed by atoms with Gasteiger partial charge in [-0.1, -0.05) is 0 Å². The second-order valence-corrected chi connectivity index (χ2v) is 5.20. The molecule has 2 heterocycles. The van der Waals surface area contributed by atoms with Crippen LogP contribution < -0.4 is 15.4 Å². The number of amides is 1. The van der Waals surface area contributed by atoms with Crippen LogP contribution in [-0.2, 0) is 4.79 Å². The van der Waals surface area contributed by atoms with Gasteiger partial charge in [-0.2, -0.15) is 5.10 Å². The zero-order chi connectivity index (χ0) is 16.1.